The maximum atomic E-state index is 10.3. The van der Waals surface area contributed by atoms with Crippen LogP contribution in [0.5, 0.6) is 11.5 Å². The third-order valence-electron chi connectivity index (χ3n) is 2.47. The van der Waals surface area contributed by atoms with Crippen LogP contribution in [-0.4, -0.2) is 18.6 Å². The zero-order chi connectivity index (χ0) is 11.5. The van der Waals surface area contributed by atoms with E-state index in [1.165, 1.54) is 6.08 Å². The van der Waals surface area contributed by atoms with Gasteiger partial charge >= 0.3 is 0 Å². The lowest BCUT2D eigenvalue weighted by Gasteiger charge is -2.08. The van der Waals surface area contributed by atoms with E-state index in [9.17, 15) is 10.1 Å². The Morgan fingerprint density at radius 1 is 1.56 bits per heavy atom. The van der Waals surface area contributed by atoms with Gasteiger partial charge in [-0.05, 0) is 12.1 Å². The lowest BCUT2D eigenvalue weighted by Crippen LogP contribution is -1.92. The molecule has 0 bridgehead atoms. The smallest absolute Gasteiger partial charge is 0.235 e. The number of nitrogens with zero attached hydrogens (tertiary/aromatic N) is 1. The van der Waals surface area contributed by atoms with Crippen LogP contribution in [-0.2, 0) is 6.42 Å². The summed E-state index contributed by atoms with van der Waals surface area (Å²) in [4.78, 5) is 9.83. The second-order valence-electron chi connectivity index (χ2n) is 3.36. The van der Waals surface area contributed by atoms with Crippen molar-refractivity contribution in [3.05, 3.63) is 39.6 Å². The molecule has 0 N–H and O–H groups in total. The minimum Gasteiger partial charge on any atom is -0.496 e. The highest BCUT2D eigenvalue weighted by molar-refractivity contribution is 5.65. The number of hydrogen-bond donors (Lipinski definition) is 0. The number of hydrogen-bond acceptors (Lipinski definition) is 4. The maximum Gasteiger partial charge on any atom is 0.235 e. The fraction of sp³-hybridized carbons (Fsp3) is 0.273. The zero-order valence-electron chi connectivity index (χ0n) is 8.80. The molecule has 0 aromatic heterocycles. The summed E-state index contributed by atoms with van der Waals surface area (Å²) in [6, 6.07) is 3.58. The first-order chi connectivity index (χ1) is 7.72. The molecule has 1 aliphatic heterocycles. The Labute approximate surface area is 92.4 Å². The number of methoxy groups -OCH3 is 1. The van der Waals surface area contributed by atoms with Crippen molar-refractivity contribution < 1.29 is 14.4 Å². The average Bonchev–Trinajstić information content (AvgIpc) is 2.73. The first kappa shape index (κ1) is 10.5. The van der Waals surface area contributed by atoms with Crippen LogP contribution in [0, 0.1) is 10.1 Å². The Morgan fingerprint density at radius 3 is 3.06 bits per heavy atom. The van der Waals surface area contributed by atoms with Crippen molar-refractivity contribution in [2.45, 2.75) is 6.42 Å². The fourth-order valence-electron chi connectivity index (χ4n) is 1.78. The highest BCUT2D eigenvalue weighted by Crippen LogP contribution is 2.35. The summed E-state index contributed by atoms with van der Waals surface area (Å²) in [5.41, 5.74) is 1.70. The van der Waals surface area contributed by atoms with E-state index in [-0.39, 0.29) is 0 Å². The van der Waals surface area contributed by atoms with Crippen molar-refractivity contribution >= 4 is 6.08 Å². The molecule has 2 rings (SSSR count). The van der Waals surface area contributed by atoms with Crippen LogP contribution in [0.2, 0.25) is 0 Å². The predicted molar refractivity (Wildman–Crippen MR) is 58.2 cm³/mol. The third kappa shape index (κ3) is 1.84. The lowest BCUT2D eigenvalue weighted by atomic mass is 10.0. The van der Waals surface area contributed by atoms with Crippen molar-refractivity contribution in [3.8, 4) is 11.5 Å². The van der Waals surface area contributed by atoms with Crippen molar-refractivity contribution in [1.29, 1.82) is 0 Å². The minimum absolute atomic E-state index is 0.491. The number of ether oxygens (including phenoxy) is 2. The Bertz CT molecular complexity index is 454. The first-order valence-electron chi connectivity index (χ1n) is 4.86. The molecule has 0 saturated heterocycles. The number of nitro groups is 1. The van der Waals surface area contributed by atoms with Gasteiger partial charge < -0.3 is 9.47 Å². The van der Waals surface area contributed by atoms with Crippen molar-refractivity contribution in [2.75, 3.05) is 13.7 Å². The molecule has 0 aliphatic carbocycles. The largest absolute Gasteiger partial charge is 0.496 e. The molecule has 0 radical (unpaired) electrons. The van der Waals surface area contributed by atoms with E-state index in [0.29, 0.717) is 12.4 Å². The van der Waals surface area contributed by atoms with E-state index in [4.69, 9.17) is 9.47 Å². The quantitative estimate of drug-likeness (QED) is 0.577. The Kier molecular flexibility index (Phi) is 2.76. The van der Waals surface area contributed by atoms with Crippen LogP contribution < -0.4 is 9.47 Å². The van der Waals surface area contributed by atoms with Crippen LogP contribution in [0.4, 0.5) is 0 Å². The van der Waals surface area contributed by atoms with Crippen LogP contribution in [0.15, 0.2) is 18.3 Å². The van der Waals surface area contributed by atoms with Crippen LogP contribution in [0.1, 0.15) is 11.1 Å². The maximum absolute atomic E-state index is 10.3. The van der Waals surface area contributed by atoms with E-state index in [1.807, 2.05) is 6.07 Å². The highest BCUT2D eigenvalue weighted by Gasteiger charge is 2.18. The Morgan fingerprint density at radius 2 is 2.38 bits per heavy atom. The predicted octanol–water partition coefficient (Wildman–Crippen LogP) is 1.88. The SMILES string of the molecule is COc1ccc2c(c1/C=C/[N+](=O)[O-])CCO2. The monoisotopic (exact) mass is 221 g/mol. The van der Waals surface area contributed by atoms with Crippen molar-refractivity contribution in [1.82, 2.24) is 0 Å². The molecule has 0 atom stereocenters. The molecule has 0 unspecified atom stereocenters. The van der Waals surface area contributed by atoms with Gasteiger partial charge in [0.25, 0.3) is 0 Å². The molecule has 1 aliphatic rings. The van der Waals surface area contributed by atoms with Crippen molar-refractivity contribution in [2.24, 2.45) is 0 Å². The summed E-state index contributed by atoms with van der Waals surface area (Å²) in [7, 11) is 1.54. The van der Waals surface area contributed by atoms with E-state index in [1.54, 1.807) is 13.2 Å². The summed E-state index contributed by atoms with van der Waals surface area (Å²) in [5.74, 6) is 1.41. The standard InChI is InChI=1S/C11H11NO4/c1-15-10-2-3-11-9(5-7-16-11)8(10)4-6-12(13)14/h2-4,6H,5,7H2,1H3/b6-4+. The van der Waals surface area contributed by atoms with Crippen molar-refractivity contribution in [3.63, 3.8) is 0 Å². The minimum atomic E-state index is -0.491. The molecule has 16 heavy (non-hydrogen) atoms. The molecule has 1 heterocycles. The van der Waals surface area contributed by atoms with E-state index >= 15 is 0 Å². The van der Waals surface area contributed by atoms with Crippen LogP contribution in [0.3, 0.4) is 0 Å². The average molecular weight is 221 g/mol. The third-order valence-corrected chi connectivity index (χ3v) is 2.47. The molecule has 0 amide bonds. The highest BCUT2D eigenvalue weighted by atomic mass is 16.6. The summed E-state index contributed by atoms with van der Waals surface area (Å²) < 4.78 is 10.6. The molecule has 1 aromatic rings. The fourth-order valence-corrected chi connectivity index (χ4v) is 1.78. The van der Waals surface area contributed by atoms with E-state index < -0.39 is 4.92 Å². The van der Waals surface area contributed by atoms with Gasteiger partial charge in [0.1, 0.15) is 11.5 Å². The summed E-state index contributed by atoms with van der Waals surface area (Å²) in [6.45, 7) is 0.613. The lowest BCUT2D eigenvalue weighted by molar-refractivity contribution is -0.400. The molecule has 84 valence electrons. The second-order valence-corrected chi connectivity index (χ2v) is 3.36. The summed E-state index contributed by atoms with van der Waals surface area (Å²) in [6.07, 6.45) is 3.12. The molecule has 0 fully saturated rings. The van der Waals surface area contributed by atoms with Gasteiger partial charge in [-0.1, -0.05) is 0 Å². The topological polar surface area (TPSA) is 61.6 Å². The summed E-state index contributed by atoms with van der Waals surface area (Å²) in [5, 5.41) is 10.3. The summed E-state index contributed by atoms with van der Waals surface area (Å²) >= 11 is 0. The van der Waals surface area contributed by atoms with Crippen LogP contribution in [0.25, 0.3) is 6.08 Å². The van der Waals surface area contributed by atoms with Crippen LogP contribution >= 0.6 is 0 Å². The molecular weight excluding hydrogens is 210 g/mol. The van der Waals surface area contributed by atoms with Gasteiger partial charge in [-0.2, -0.15) is 0 Å². The zero-order valence-corrected chi connectivity index (χ0v) is 8.80. The van der Waals surface area contributed by atoms with E-state index in [0.717, 1.165) is 29.5 Å². The van der Waals surface area contributed by atoms with Gasteiger partial charge in [-0.25, -0.2) is 0 Å². The number of rotatable bonds is 3. The normalized spacial score (nSPS) is 13.6. The second kappa shape index (κ2) is 4.22. The van der Waals surface area contributed by atoms with Gasteiger partial charge in [0.15, 0.2) is 0 Å². The van der Waals surface area contributed by atoms with Gasteiger partial charge in [-0.15, -0.1) is 0 Å². The van der Waals surface area contributed by atoms with Gasteiger partial charge in [0.05, 0.1) is 18.6 Å². The molecule has 5 heteroatoms. The van der Waals surface area contributed by atoms with Gasteiger partial charge in [-0.3, -0.25) is 10.1 Å². The number of benzene rings is 1. The first-order valence-corrected chi connectivity index (χ1v) is 4.86. The molecule has 0 saturated carbocycles. The van der Waals surface area contributed by atoms with Gasteiger partial charge in [0.2, 0.25) is 6.20 Å². The van der Waals surface area contributed by atoms with Gasteiger partial charge in [0, 0.05) is 23.6 Å². The molecule has 5 nitrogen and oxygen atoms in total. The van der Waals surface area contributed by atoms with E-state index in [2.05, 4.69) is 0 Å². The number of fused-ring (bicyclic) bond motifs is 1. The molecule has 1 aromatic carbocycles. The Balaban J connectivity index is 2.47. The molecule has 0 spiro atoms. The molecular formula is C11H11NO4. The Hall–Kier alpha value is -2.04.